The average molecular weight is 310 g/mol. The molecule has 0 atom stereocenters. The van der Waals surface area contributed by atoms with Gasteiger partial charge in [-0.2, -0.15) is 4.73 Å². The molecule has 5 heteroatoms. The molecule has 0 amide bonds. The van der Waals surface area contributed by atoms with Crippen molar-refractivity contribution in [1.82, 2.24) is 9.71 Å². The highest BCUT2D eigenvalue weighted by atomic mass is 16.7. The number of aromatic nitrogens is 2. The van der Waals surface area contributed by atoms with Crippen LogP contribution >= 0.6 is 0 Å². The molecule has 0 bridgehead atoms. The van der Waals surface area contributed by atoms with E-state index >= 15 is 0 Å². The van der Waals surface area contributed by atoms with Crippen LogP contribution in [0.3, 0.4) is 0 Å². The van der Waals surface area contributed by atoms with Crippen molar-refractivity contribution in [2.45, 2.75) is 26.4 Å². The lowest BCUT2D eigenvalue weighted by Gasteiger charge is -2.23. The quantitative estimate of drug-likeness (QED) is 0.803. The van der Waals surface area contributed by atoms with Crippen LogP contribution in [0.15, 0.2) is 48.5 Å². The van der Waals surface area contributed by atoms with Gasteiger partial charge in [0.05, 0.1) is 5.52 Å². The van der Waals surface area contributed by atoms with E-state index < -0.39 is 11.6 Å². The number of nitrogens with zero attached hydrogens (tertiary/aromatic N) is 2. The SMILES string of the molecule is Cc1ccc2nc(-c3ccccc3)n(OC(C)(C)C(=O)O)c2c1. The zero-order valence-corrected chi connectivity index (χ0v) is 13.3. The molecule has 0 aliphatic rings. The van der Waals surface area contributed by atoms with Crippen LogP contribution < -0.4 is 4.84 Å². The Morgan fingerprint density at radius 1 is 1.17 bits per heavy atom. The molecule has 3 aromatic rings. The van der Waals surface area contributed by atoms with Crippen LogP contribution in [0.25, 0.3) is 22.4 Å². The average Bonchev–Trinajstić information content (AvgIpc) is 2.85. The van der Waals surface area contributed by atoms with E-state index in [-0.39, 0.29) is 0 Å². The van der Waals surface area contributed by atoms with Crippen molar-refractivity contribution in [2.24, 2.45) is 0 Å². The fourth-order valence-electron chi connectivity index (χ4n) is 2.29. The molecule has 2 aromatic carbocycles. The fraction of sp³-hybridized carbons (Fsp3) is 0.222. The first-order valence-electron chi connectivity index (χ1n) is 7.36. The molecule has 0 aliphatic heterocycles. The zero-order valence-electron chi connectivity index (χ0n) is 13.3. The second-order valence-corrected chi connectivity index (χ2v) is 5.99. The van der Waals surface area contributed by atoms with Gasteiger partial charge < -0.3 is 9.94 Å². The Balaban J connectivity index is 2.23. The highest BCUT2D eigenvalue weighted by Crippen LogP contribution is 2.26. The molecule has 1 aromatic heterocycles. The molecule has 0 aliphatic carbocycles. The maximum atomic E-state index is 11.4. The Bertz CT molecular complexity index is 867. The van der Waals surface area contributed by atoms with Crippen molar-refractivity contribution in [2.75, 3.05) is 0 Å². The third kappa shape index (κ3) is 2.77. The van der Waals surface area contributed by atoms with Gasteiger partial charge in [-0.15, -0.1) is 0 Å². The van der Waals surface area contributed by atoms with Crippen LogP contribution in [0.2, 0.25) is 0 Å². The maximum Gasteiger partial charge on any atom is 0.350 e. The minimum atomic E-state index is -1.37. The van der Waals surface area contributed by atoms with E-state index in [1.165, 1.54) is 18.6 Å². The zero-order chi connectivity index (χ0) is 16.6. The number of fused-ring (bicyclic) bond motifs is 1. The molecule has 0 saturated heterocycles. The second kappa shape index (κ2) is 5.43. The number of benzene rings is 2. The summed E-state index contributed by atoms with van der Waals surface area (Å²) >= 11 is 0. The summed E-state index contributed by atoms with van der Waals surface area (Å²) in [6.07, 6.45) is 0. The van der Waals surface area contributed by atoms with E-state index in [2.05, 4.69) is 4.98 Å². The van der Waals surface area contributed by atoms with Crippen LogP contribution in [0.5, 0.6) is 0 Å². The largest absolute Gasteiger partial charge is 0.478 e. The van der Waals surface area contributed by atoms with E-state index in [9.17, 15) is 9.90 Å². The van der Waals surface area contributed by atoms with Crippen LogP contribution in [-0.4, -0.2) is 26.4 Å². The van der Waals surface area contributed by atoms with E-state index in [4.69, 9.17) is 4.84 Å². The van der Waals surface area contributed by atoms with Crippen LogP contribution in [0.4, 0.5) is 0 Å². The number of hydrogen-bond donors (Lipinski definition) is 1. The van der Waals surface area contributed by atoms with Crippen molar-refractivity contribution in [1.29, 1.82) is 0 Å². The summed E-state index contributed by atoms with van der Waals surface area (Å²) in [5.74, 6) is -0.452. The van der Waals surface area contributed by atoms with E-state index in [0.717, 1.165) is 22.2 Å². The predicted molar refractivity (Wildman–Crippen MR) is 88.2 cm³/mol. The molecule has 1 N–H and O–H groups in total. The summed E-state index contributed by atoms with van der Waals surface area (Å²) in [5, 5.41) is 9.37. The first-order valence-corrected chi connectivity index (χ1v) is 7.36. The van der Waals surface area contributed by atoms with Gasteiger partial charge in [0.2, 0.25) is 5.60 Å². The molecule has 3 rings (SSSR count). The van der Waals surface area contributed by atoms with Gasteiger partial charge >= 0.3 is 5.97 Å². The van der Waals surface area contributed by atoms with E-state index in [0.29, 0.717) is 5.82 Å². The minimum Gasteiger partial charge on any atom is -0.478 e. The molecule has 0 spiro atoms. The summed E-state index contributed by atoms with van der Waals surface area (Å²) < 4.78 is 1.52. The number of imidazole rings is 1. The van der Waals surface area contributed by atoms with Gasteiger partial charge in [-0.25, -0.2) is 9.78 Å². The molecule has 0 fully saturated rings. The first-order chi connectivity index (χ1) is 10.9. The highest BCUT2D eigenvalue weighted by Gasteiger charge is 2.32. The Kier molecular flexibility index (Phi) is 3.56. The molecule has 1 heterocycles. The minimum absolute atomic E-state index is 0.584. The highest BCUT2D eigenvalue weighted by molar-refractivity contribution is 5.81. The molecule has 0 unspecified atom stereocenters. The van der Waals surface area contributed by atoms with Crippen LogP contribution in [0, 0.1) is 6.92 Å². The van der Waals surface area contributed by atoms with Gasteiger partial charge in [0.25, 0.3) is 0 Å². The lowest BCUT2D eigenvalue weighted by atomic mass is 10.1. The maximum absolute atomic E-state index is 11.4. The molecule has 0 radical (unpaired) electrons. The first kappa shape index (κ1) is 15.1. The Morgan fingerprint density at radius 3 is 2.52 bits per heavy atom. The molecular weight excluding hydrogens is 292 g/mol. The fourth-order valence-corrected chi connectivity index (χ4v) is 2.29. The van der Waals surface area contributed by atoms with Crippen molar-refractivity contribution in [3.8, 4) is 11.4 Å². The lowest BCUT2D eigenvalue weighted by molar-refractivity contribution is -0.160. The Hall–Kier alpha value is -2.82. The van der Waals surface area contributed by atoms with Crippen LogP contribution in [-0.2, 0) is 4.79 Å². The second-order valence-electron chi connectivity index (χ2n) is 5.99. The molecular formula is C18H18N2O3. The molecule has 23 heavy (non-hydrogen) atoms. The normalized spacial score (nSPS) is 11.6. The summed E-state index contributed by atoms with van der Waals surface area (Å²) in [7, 11) is 0. The summed E-state index contributed by atoms with van der Waals surface area (Å²) in [6.45, 7) is 5.01. The summed E-state index contributed by atoms with van der Waals surface area (Å²) in [4.78, 5) is 21.9. The van der Waals surface area contributed by atoms with E-state index in [1.807, 2.05) is 55.5 Å². The standard InChI is InChI=1S/C18H18N2O3/c1-12-9-10-14-15(11-12)20(23-18(2,3)17(21)22)16(19-14)13-7-5-4-6-8-13/h4-11H,1-3H3,(H,21,22). The van der Waals surface area contributed by atoms with Gasteiger partial charge in [0.1, 0.15) is 5.52 Å². The molecule has 0 saturated carbocycles. The summed E-state index contributed by atoms with van der Waals surface area (Å²) in [6, 6.07) is 15.4. The number of rotatable bonds is 4. The van der Waals surface area contributed by atoms with Crippen molar-refractivity contribution in [3.63, 3.8) is 0 Å². The molecule has 118 valence electrons. The number of aliphatic carboxylic acids is 1. The number of carboxylic acid groups (broad SMARTS) is 1. The van der Waals surface area contributed by atoms with Crippen molar-refractivity contribution < 1.29 is 14.7 Å². The van der Waals surface area contributed by atoms with Gasteiger partial charge in [-0.1, -0.05) is 36.4 Å². The topological polar surface area (TPSA) is 64.4 Å². The lowest BCUT2D eigenvalue weighted by Crippen LogP contribution is -2.42. The van der Waals surface area contributed by atoms with Crippen molar-refractivity contribution >= 4 is 17.0 Å². The Morgan fingerprint density at radius 2 is 1.87 bits per heavy atom. The van der Waals surface area contributed by atoms with Gasteiger partial charge in [0.15, 0.2) is 5.82 Å². The Labute approximate surface area is 134 Å². The smallest absolute Gasteiger partial charge is 0.350 e. The number of carboxylic acids is 1. The van der Waals surface area contributed by atoms with E-state index in [1.54, 1.807) is 0 Å². The number of carbonyl (C=O) groups is 1. The number of hydrogen-bond acceptors (Lipinski definition) is 3. The van der Waals surface area contributed by atoms with Gasteiger partial charge in [-0.3, -0.25) is 0 Å². The van der Waals surface area contributed by atoms with Crippen LogP contribution in [0.1, 0.15) is 19.4 Å². The predicted octanol–water partition coefficient (Wildman–Crippen LogP) is 3.30. The van der Waals surface area contributed by atoms with Gasteiger partial charge in [-0.05, 0) is 38.5 Å². The molecule has 5 nitrogen and oxygen atoms in total. The third-order valence-electron chi connectivity index (χ3n) is 3.63. The monoisotopic (exact) mass is 310 g/mol. The third-order valence-corrected chi connectivity index (χ3v) is 3.63. The van der Waals surface area contributed by atoms with Gasteiger partial charge in [0, 0.05) is 5.56 Å². The van der Waals surface area contributed by atoms with Crippen molar-refractivity contribution in [3.05, 3.63) is 54.1 Å². The number of aryl methyl sites for hydroxylation is 1. The summed E-state index contributed by atoms with van der Waals surface area (Å²) in [5.41, 5.74) is 2.05.